The zero-order chi connectivity index (χ0) is 39.1. The second kappa shape index (κ2) is 12.8. The van der Waals surface area contributed by atoms with Crippen molar-refractivity contribution in [2.24, 2.45) is 0 Å². The highest BCUT2D eigenvalue weighted by Crippen LogP contribution is 2.62. The number of rotatable bonds is 4. The Morgan fingerprint density at radius 1 is 0.441 bits per heavy atom. The third-order valence-electron chi connectivity index (χ3n) is 12.1. The summed E-state index contributed by atoms with van der Waals surface area (Å²) in [5.41, 5.74) is 10.2. The number of fused-ring (bicyclic) bond motifs is 11. The largest absolute Gasteiger partial charge is 0.457 e. The molecule has 0 fully saturated rings. The van der Waals surface area contributed by atoms with Gasteiger partial charge in [-0.05, 0) is 76.9 Å². The molecule has 6 heteroatoms. The van der Waals surface area contributed by atoms with Gasteiger partial charge in [-0.25, -0.2) is 4.98 Å². The van der Waals surface area contributed by atoms with Crippen LogP contribution in [0.2, 0.25) is 0 Å². The number of pyridine rings is 2. The first-order valence-corrected chi connectivity index (χ1v) is 21.4. The first-order valence-electron chi connectivity index (χ1n) is 19.7. The molecule has 59 heavy (non-hydrogen) atoms. The summed E-state index contributed by atoms with van der Waals surface area (Å²) in [7, 11) is -3.45. The molecule has 278 valence electrons. The summed E-state index contributed by atoms with van der Waals surface area (Å²) < 4.78 is 30.0. The quantitative estimate of drug-likeness (QED) is 0.167. The van der Waals surface area contributed by atoms with Gasteiger partial charge in [-0.1, -0.05) is 133 Å². The van der Waals surface area contributed by atoms with E-state index in [0.717, 1.165) is 93.9 Å². The molecular weight excluding hydrogens is 744 g/mol. The molecule has 2 aliphatic heterocycles. The fraction of sp³-hybridized carbons (Fsp3) is 0.0189. The number of hydrogen-bond acceptors (Lipinski definition) is 5. The fourth-order valence-electron chi connectivity index (χ4n) is 9.51. The molecule has 0 aliphatic carbocycles. The van der Waals surface area contributed by atoms with Crippen molar-refractivity contribution in [3.05, 3.63) is 223 Å². The molecule has 0 saturated carbocycles. The summed E-state index contributed by atoms with van der Waals surface area (Å²) >= 11 is 0. The standard InChI is InChI=1S/C53H33N2O3P/c56-59(38-15-5-2-6-16-38)51-22-12-9-19-43(51)53(44-32-40-39-17-7-10-20-47(39)57-49(40)33-52(44)59)41-18-8-11-21-48(41)58-50-31-36(23-24-42(50)53)46-30-37(34-13-3-1-4-14-34)29-45(55-46)35-25-27-54-28-26-35/h1-33H. The number of para-hydroxylation sites is 2. The molecule has 10 aromatic rings. The van der Waals surface area contributed by atoms with Gasteiger partial charge >= 0.3 is 0 Å². The maximum atomic E-state index is 16.4. The Morgan fingerprint density at radius 2 is 1.12 bits per heavy atom. The van der Waals surface area contributed by atoms with Crippen LogP contribution in [0, 0.1) is 0 Å². The lowest BCUT2D eigenvalue weighted by molar-refractivity contribution is 0.435. The van der Waals surface area contributed by atoms with E-state index in [2.05, 4.69) is 108 Å². The zero-order valence-corrected chi connectivity index (χ0v) is 32.5. The van der Waals surface area contributed by atoms with Gasteiger partial charge in [-0.2, -0.15) is 0 Å². The van der Waals surface area contributed by atoms with Gasteiger partial charge in [0.1, 0.15) is 22.7 Å². The lowest BCUT2D eigenvalue weighted by atomic mass is 9.63. The lowest BCUT2D eigenvalue weighted by Crippen LogP contribution is -2.47. The Labute approximate surface area is 340 Å². The number of benzene rings is 7. The third-order valence-corrected chi connectivity index (χ3v) is 15.2. The highest BCUT2D eigenvalue weighted by atomic mass is 31.2. The minimum Gasteiger partial charge on any atom is -0.457 e. The number of nitrogens with zero attached hydrogens (tertiary/aromatic N) is 2. The Balaban J connectivity index is 1.17. The highest BCUT2D eigenvalue weighted by Gasteiger charge is 2.55. The van der Waals surface area contributed by atoms with E-state index in [-0.39, 0.29) is 0 Å². The second-order valence-electron chi connectivity index (χ2n) is 15.2. The van der Waals surface area contributed by atoms with E-state index in [1.807, 2.05) is 84.9 Å². The summed E-state index contributed by atoms with van der Waals surface area (Å²) in [5.74, 6) is 1.46. The van der Waals surface area contributed by atoms with Gasteiger partial charge < -0.3 is 13.7 Å². The van der Waals surface area contributed by atoms with Gasteiger partial charge in [0, 0.05) is 61.3 Å². The average Bonchev–Trinajstić information content (AvgIpc) is 3.68. The predicted octanol–water partition coefficient (Wildman–Crippen LogP) is 11.8. The Morgan fingerprint density at radius 3 is 1.95 bits per heavy atom. The summed E-state index contributed by atoms with van der Waals surface area (Å²) in [4.78, 5) is 9.51. The molecule has 0 N–H and O–H groups in total. The molecule has 5 heterocycles. The van der Waals surface area contributed by atoms with Gasteiger partial charge in [0.05, 0.1) is 16.8 Å². The minimum atomic E-state index is -3.45. The highest BCUT2D eigenvalue weighted by molar-refractivity contribution is 7.85. The molecule has 0 bridgehead atoms. The molecular formula is C53H33N2O3P. The van der Waals surface area contributed by atoms with Crippen molar-refractivity contribution in [3.8, 4) is 45.1 Å². The summed E-state index contributed by atoms with van der Waals surface area (Å²) in [5, 5.41) is 4.34. The summed E-state index contributed by atoms with van der Waals surface area (Å²) in [6.45, 7) is 0. The van der Waals surface area contributed by atoms with E-state index in [4.69, 9.17) is 14.1 Å². The molecule has 5 nitrogen and oxygen atoms in total. The summed E-state index contributed by atoms with van der Waals surface area (Å²) in [6, 6.07) is 64.1. The van der Waals surface area contributed by atoms with Crippen LogP contribution in [0.25, 0.3) is 55.6 Å². The average molecular weight is 777 g/mol. The van der Waals surface area contributed by atoms with Gasteiger partial charge in [0.2, 0.25) is 0 Å². The normalized spacial score (nSPS) is 17.5. The second-order valence-corrected chi connectivity index (χ2v) is 17.9. The maximum absolute atomic E-state index is 16.4. The molecule has 2 unspecified atom stereocenters. The number of aromatic nitrogens is 2. The van der Waals surface area contributed by atoms with Crippen molar-refractivity contribution in [2.45, 2.75) is 5.41 Å². The first-order chi connectivity index (χ1) is 29.1. The molecule has 0 radical (unpaired) electrons. The van der Waals surface area contributed by atoms with Crippen LogP contribution in [-0.4, -0.2) is 9.97 Å². The van der Waals surface area contributed by atoms with Gasteiger partial charge in [0.25, 0.3) is 0 Å². The smallest absolute Gasteiger partial charge is 0.171 e. The Kier molecular flexibility index (Phi) is 7.35. The topological polar surface area (TPSA) is 65.2 Å². The van der Waals surface area contributed by atoms with Crippen molar-refractivity contribution in [3.63, 3.8) is 0 Å². The van der Waals surface area contributed by atoms with Crippen LogP contribution in [0.15, 0.2) is 205 Å². The third kappa shape index (κ3) is 4.89. The van der Waals surface area contributed by atoms with Crippen molar-refractivity contribution in [1.29, 1.82) is 0 Å². The number of ether oxygens (including phenoxy) is 1. The lowest BCUT2D eigenvalue weighted by Gasteiger charge is -2.47. The molecule has 12 rings (SSSR count). The van der Waals surface area contributed by atoms with Crippen LogP contribution in [0.3, 0.4) is 0 Å². The van der Waals surface area contributed by atoms with E-state index >= 15 is 4.57 Å². The summed E-state index contributed by atoms with van der Waals surface area (Å²) in [6.07, 6.45) is 3.60. The van der Waals surface area contributed by atoms with Crippen molar-refractivity contribution in [1.82, 2.24) is 9.97 Å². The molecule has 7 aromatic carbocycles. The maximum Gasteiger partial charge on any atom is 0.171 e. The SMILES string of the molecule is O=P1(c2ccccc2)c2ccccc2C2(c3ccccc3Oc3cc(-c4cc(-c5ccccc5)cc(-c5ccncc5)n4)ccc32)c2cc3c(cc21)oc1ccccc13. The van der Waals surface area contributed by atoms with Crippen LogP contribution in [0.4, 0.5) is 0 Å². The van der Waals surface area contributed by atoms with Crippen LogP contribution < -0.4 is 20.7 Å². The van der Waals surface area contributed by atoms with E-state index in [0.29, 0.717) is 11.3 Å². The van der Waals surface area contributed by atoms with E-state index in [1.54, 1.807) is 12.4 Å². The van der Waals surface area contributed by atoms with E-state index < -0.39 is 12.6 Å². The van der Waals surface area contributed by atoms with E-state index in [1.165, 1.54) is 0 Å². The van der Waals surface area contributed by atoms with Crippen molar-refractivity contribution in [2.75, 3.05) is 0 Å². The van der Waals surface area contributed by atoms with E-state index in [9.17, 15) is 0 Å². The number of hydrogen-bond donors (Lipinski definition) is 0. The molecule has 0 amide bonds. The minimum absolute atomic E-state index is 0.709. The van der Waals surface area contributed by atoms with Gasteiger partial charge in [0.15, 0.2) is 7.14 Å². The Bertz CT molecular complexity index is 3290. The van der Waals surface area contributed by atoms with Crippen LogP contribution in [0.1, 0.15) is 22.3 Å². The monoisotopic (exact) mass is 776 g/mol. The first kappa shape index (κ1) is 33.8. The van der Waals surface area contributed by atoms with Crippen LogP contribution >= 0.6 is 7.14 Å². The molecule has 0 saturated heterocycles. The molecule has 2 atom stereocenters. The molecule has 3 aromatic heterocycles. The molecule has 1 spiro atoms. The fourth-order valence-corrected chi connectivity index (χ4v) is 12.7. The Hall–Kier alpha value is -7.33. The van der Waals surface area contributed by atoms with Crippen LogP contribution in [0.5, 0.6) is 11.5 Å². The van der Waals surface area contributed by atoms with Crippen LogP contribution in [-0.2, 0) is 9.98 Å². The van der Waals surface area contributed by atoms with Gasteiger partial charge in [-0.15, -0.1) is 0 Å². The van der Waals surface area contributed by atoms with Crippen molar-refractivity contribution < 1.29 is 13.7 Å². The van der Waals surface area contributed by atoms with Crippen molar-refractivity contribution >= 4 is 45.0 Å². The van der Waals surface area contributed by atoms with Gasteiger partial charge in [-0.3, -0.25) is 4.98 Å². The zero-order valence-electron chi connectivity index (χ0n) is 31.6. The predicted molar refractivity (Wildman–Crippen MR) is 237 cm³/mol. The molecule has 2 aliphatic rings. The number of furan rings is 1.